The molecule has 0 aliphatic heterocycles. The number of hydrogen-bond donors (Lipinski definition) is 1. The third kappa shape index (κ3) is 3.43. The van der Waals surface area contributed by atoms with Crippen molar-refractivity contribution in [2.75, 3.05) is 0 Å². The molecule has 2 rings (SSSR count). The molecule has 0 atom stereocenters. The molecule has 0 aliphatic carbocycles. The van der Waals surface area contributed by atoms with E-state index in [1.165, 1.54) is 24.3 Å². The van der Waals surface area contributed by atoms with Gasteiger partial charge in [0.05, 0.1) is 5.02 Å². The quantitative estimate of drug-likeness (QED) is 0.871. The van der Waals surface area contributed by atoms with Gasteiger partial charge in [-0.25, -0.2) is 8.78 Å². The molecule has 0 radical (unpaired) electrons. The van der Waals surface area contributed by atoms with Gasteiger partial charge in [-0.05, 0) is 35.9 Å². The fourth-order valence-electron chi connectivity index (χ4n) is 1.60. The lowest BCUT2D eigenvalue weighted by Gasteiger charge is -2.09. The summed E-state index contributed by atoms with van der Waals surface area (Å²) in [6.45, 7) is 0.140. The predicted octanol–water partition coefficient (Wildman–Crippen LogP) is 3.83. The average molecular weight is 314 g/mol. The molecule has 20 heavy (non-hydrogen) atoms. The van der Waals surface area contributed by atoms with Crippen molar-refractivity contribution in [3.05, 3.63) is 64.2 Å². The van der Waals surface area contributed by atoms with Gasteiger partial charge in [0.25, 0.3) is 0 Å². The molecule has 0 amide bonds. The number of thiocarbonyl (C=S) groups is 1. The minimum atomic E-state index is -0.485. The summed E-state index contributed by atoms with van der Waals surface area (Å²) in [5.41, 5.74) is 6.25. The second-order valence-corrected chi connectivity index (χ2v) is 4.89. The molecule has 0 unspecified atom stereocenters. The van der Waals surface area contributed by atoms with Crippen molar-refractivity contribution in [3.63, 3.8) is 0 Å². The Labute approximate surface area is 125 Å². The maximum Gasteiger partial charge on any atom is 0.138 e. The number of hydrogen-bond acceptors (Lipinski definition) is 2. The Bertz CT molecular complexity index is 664. The Hall–Kier alpha value is -1.72. The molecule has 2 N–H and O–H groups in total. The van der Waals surface area contributed by atoms with Crippen LogP contribution in [0.15, 0.2) is 36.4 Å². The zero-order valence-corrected chi connectivity index (χ0v) is 11.8. The number of nitrogens with two attached hydrogens (primary N) is 1. The first-order valence-electron chi connectivity index (χ1n) is 5.63. The zero-order chi connectivity index (χ0) is 14.7. The second-order valence-electron chi connectivity index (χ2n) is 4.04. The molecule has 2 aromatic carbocycles. The molecular formula is C14H10ClF2NOS. The molecular weight excluding hydrogens is 304 g/mol. The molecule has 0 saturated carbocycles. The second kappa shape index (κ2) is 6.15. The lowest BCUT2D eigenvalue weighted by atomic mass is 10.1. The van der Waals surface area contributed by atoms with Crippen molar-refractivity contribution in [1.82, 2.24) is 0 Å². The molecule has 0 aromatic heterocycles. The fraction of sp³-hybridized carbons (Fsp3) is 0.0714. The van der Waals surface area contributed by atoms with Gasteiger partial charge < -0.3 is 10.5 Å². The van der Waals surface area contributed by atoms with Gasteiger partial charge in [0.15, 0.2) is 0 Å². The van der Waals surface area contributed by atoms with E-state index in [-0.39, 0.29) is 22.2 Å². The smallest absolute Gasteiger partial charge is 0.138 e. The maximum absolute atomic E-state index is 13.4. The van der Waals surface area contributed by atoms with E-state index in [9.17, 15) is 8.78 Å². The predicted molar refractivity (Wildman–Crippen MR) is 78.0 cm³/mol. The van der Waals surface area contributed by atoms with E-state index in [0.717, 1.165) is 6.07 Å². The van der Waals surface area contributed by atoms with Crippen molar-refractivity contribution < 1.29 is 13.5 Å². The zero-order valence-electron chi connectivity index (χ0n) is 10.2. The Morgan fingerprint density at radius 2 is 1.95 bits per heavy atom. The summed E-state index contributed by atoms with van der Waals surface area (Å²) < 4.78 is 31.8. The normalized spacial score (nSPS) is 10.3. The van der Waals surface area contributed by atoms with Crippen LogP contribution in [0.2, 0.25) is 5.02 Å². The highest BCUT2D eigenvalue weighted by molar-refractivity contribution is 7.80. The van der Waals surface area contributed by atoms with Crippen LogP contribution in [0, 0.1) is 11.6 Å². The highest BCUT2D eigenvalue weighted by atomic mass is 35.5. The number of benzene rings is 2. The van der Waals surface area contributed by atoms with Crippen LogP contribution >= 0.6 is 23.8 Å². The monoisotopic (exact) mass is 313 g/mol. The van der Waals surface area contributed by atoms with Crippen LogP contribution in [-0.4, -0.2) is 4.99 Å². The first-order chi connectivity index (χ1) is 9.47. The van der Waals surface area contributed by atoms with Gasteiger partial charge >= 0.3 is 0 Å². The summed E-state index contributed by atoms with van der Waals surface area (Å²) in [5.74, 6) is -0.588. The largest absolute Gasteiger partial charge is 0.487 e. The molecule has 2 nitrogen and oxygen atoms in total. The van der Waals surface area contributed by atoms with Gasteiger partial charge in [-0.15, -0.1) is 0 Å². The third-order valence-corrected chi connectivity index (χ3v) is 3.10. The molecule has 104 valence electrons. The lowest BCUT2D eigenvalue weighted by Crippen LogP contribution is -2.12. The fourth-order valence-corrected chi connectivity index (χ4v) is 1.98. The van der Waals surface area contributed by atoms with E-state index in [4.69, 9.17) is 34.3 Å². The van der Waals surface area contributed by atoms with Crippen LogP contribution in [0.4, 0.5) is 8.78 Å². The van der Waals surface area contributed by atoms with Crippen LogP contribution in [0.5, 0.6) is 5.75 Å². The number of halogens is 3. The summed E-state index contributed by atoms with van der Waals surface area (Å²) >= 11 is 10.6. The van der Waals surface area contributed by atoms with Crippen molar-refractivity contribution in [3.8, 4) is 5.75 Å². The number of rotatable bonds is 4. The molecule has 0 aliphatic rings. The van der Waals surface area contributed by atoms with Crippen LogP contribution < -0.4 is 10.5 Å². The van der Waals surface area contributed by atoms with Gasteiger partial charge in [-0.3, -0.25) is 0 Å². The standard InChI is InChI=1S/C14H10ClF2NOS/c15-11-6-9(16)2-4-13(11)19-7-8-1-3-12(17)10(5-8)14(18)20/h1-6H,7H2,(H2,18,20). The van der Waals surface area contributed by atoms with Gasteiger partial charge in [-0.2, -0.15) is 0 Å². The van der Waals surface area contributed by atoms with Crippen molar-refractivity contribution in [1.29, 1.82) is 0 Å². The first-order valence-corrected chi connectivity index (χ1v) is 6.42. The minimum absolute atomic E-state index is 0.0239. The van der Waals surface area contributed by atoms with Crippen molar-refractivity contribution >= 4 is 28.8 Å². The molecule has 2 aromatic rings. The highest BCUT2D eigenvalue weighted by Gasteiger charge is 2.08. The molecule has 0 heterocycles. The Kier molecular flexibility index (Phi) is 4.52. The molecule has 6 heteroatoms. The summed E-state index contributed by atoms with van der Waals surface area (Å²) in [7, 11) is 0. The van der Waals surface area contributed by atoms with Crippen LogP contribution in [-0.2, 0) is 6.61 Å². The Morgan fingerprint density at radius 3 is 2.60 bits per heavy atom. The van der Waals surface area contributed by atoms with Crippen LogP contribution in [0.1, 0.15) is 11.1 Å². The topological polar surface area (TPSA) is 35.2 Å². The average Bonchev–Trinajstić information content (AvgIpc) is 2.39. The van der Waals surface area contributed by atoms with E-state index in [1.54, 1.807) is 6.07 Å². The molecule has 0 spiro atoms. The summed E-state index contributed by atoms with van der Waals surface area (Å²) in [4.78, 5) is -0.0239. The summed E-state index contributed by atoms with van der Waals surface area (Å²) in [5, 5.41) is 0.168. The van der Waals surface area contributed by atoms with E-state index in [2.05, 4.69) is 0 Å². The van der Waals surface area contributed by atoms with E-state index in [0.29, 0.717) is 11.3 Å². The molecule has 0 saturated heterocycles. The van der Waals surface area contributed by atoms with Gasteiger partial charge in [0.2, 0.25) is 0 Å². The van der Waals surface area contributed by atoms with Crippen LogP contribution in [0.3, 0.4) is 0 Å². The Balaban J connectivity index is 2.15. The lowest BCUT2D eigenvalue weighted by molar-refractivity contribution is 0.306. The molecule has 0 fully saturated rings. The van der Waals surface area contributed by atoms with E-state index < -0.39 is 11.6 Å². The third-order valence-electron chi connectivity index (χ3n) is 2.58. The van der Waals surface area contributed by atoms with Gasteiger partial charge in [0, 0.05) is 5.56 Å². The van der Waals surface area contributed by atoms with Gasteiger partial charge in [0.1, 0.15) is 29.0 Å². The summed E-state index contributed by atoms with van der Waals surface area (Å²) in [6, 6.07) is 8.15. The number of ether oxygens (including phenoxy) is 1. The maximum atomic E-state index is 13.4. The molecule has 0 bridgehead atoms. The minimum Gasteiger partial charge on any atom is -0.487 e. The van der Waals surface area contributed by atoms with Crippen molar-refractivity contribution in [2.45, 2.75) is 6.61 Å². The SMILES string of the molecule is NC(=S)c1cc(COc2ccc(F)cc2Cl)ccc1F. The first kappa shape index (κ1) is 14.7. The highest BCUT2D eigenvalue weighted by Crippen LogP contribution is 2.25. The van der Waals surface area contributed by atoms with E-state index >= 15 is 0 Å². The van der Waals surface area contributed by atoms with Crippen molar-refractivity contribution in [2.24, 2.45) is 5.73 Å². The summed E-state index contributed by atoms with van der Waals surface area (Å²) in [6.07, 6.45) is 0. The van der Waals surface area contributed by atoms with E-state index in [1.807, 2.05) is 0 Å². The Morgan fingerprint density at radius 1 is 1.20 bits per heavy atom. The van der Waals surface area contributed by atoms with Gasteiger partial charge in [-0.1, -0.05) is 29.9 Å². The van der Waals surface area contributed by atoms with Crippen LogP contribution in [0.25, 0.3) is 0 Å².